The van der Waals surface area contributed by atoms with Crippen molar-refractivity contribution < 1.29 is 53.6 Å². The van der Waals surface area contributed by atoms with Crippen molar-refractivity contribution >= 4 is 41.5 Å². The molecule has 0 bridgehead atoms. The fourth-order valence-corrected chi connectivity index (χ4v) is 4.51. The third kappa shape index (κ3) is 15.9. The summed E-state index contributed by atoms with van der Waals surface area (Å²) in [6.45, 7) is 3.08. The van der Waals surface area contributed by atoms with Crippen LogP contribution in [-0.2, 0) is 38.3 Å². The summed E-state index contributed by atoms with van der Waals surface area (Å²) in [4.78, 5) is 82.8. The molecule has 0 radical (unpaired) electrons. The first-order valence-electron chi connectivity index (χ1n) is 14.3. The highest BCUT2D eigenvalue weighted by atomic mass is 16.5. The van der Waals surface area contributed by atoms with Gasteiger partial charge in [-0.1, -0.05) is 0 Å². The second-order valence-electron chi connectivity index (χ2n) is 10.2. The lowest BCUT2D eigenvalue weighted by Crippen LogP contribution is -2.48. The van der Waals surface area contributed by atoms with Gasteiger partial charge in [-0.15, -0.1) is 0 Å². The summed E-state index contributed by atoms with van der Waals surface area (Å²) < 4.78 is 5.13. The van der Waals surface area contributed by atoms with Gasteiger partial charge < -0.3 is 41.3 Å². The monoisotopic (exact) mass is 600 g/mol. The Hall–Kier alpha value is -3.75. The molecule has 1 rings (SSSR count). The maximum Gasteiger partial charge on any atom is 0.326 e. The van der Waals surface area contributed by atoms with Crippen molar-refractivity contribution in [3.63, 3.8) is 0 Å². The van der Waals surface area contributed by atoms with Crippen LogP contribution in [0, 0.1) is 11.8 Å². The second-order valence-corrected chi connectivity index (χ2v) is 10.2. The van der Waals surface area contributed by atoms with Gasteiger partial charge in [0, 0.05) is 51.3 Å². The van der Waals surface area contributed by atoms with Gasteiger partial charge in [-0.25, -0.2) is 4.79 Å². The number of ether oxygens (including phenoxy) is 1. The molecule has 0 aliphatic heterocycles. The number of amides is 4. The lowest BCUT2D eigenvalue weighted by molar-refractivity contribution is -0.143. The van der Waals surface area contributed by atoms with Gasteiger partial charge in [0.15, 0.2) is 0 Å². The lowest BCUT2D eigenvalue weighted by Gasteiger charge is -2.28. The van der Waals surface area contributed by atoms with E-state index in [0.717, 1.165) is 0 Å². The highest BCUT2D eigenvalue weighted by molar-refractivity contribution is 5.89. The maximum absolute atomic E-state index is 12.8. The summed E-state index contributed by atoms with van der Waals surface area (Å²) >= 11 is 0. The van der Waals surface area contributed by atoms with E-state index in [1.54, 1.807) is 6.92 Å². The van der Waals surface area contributed by atoms with Gasteiger partial charge in [-0.05, 0) is 57.8 Å². The van der Waals surface area contributed by atoms with Crippen molar-refractivity contribution in [1.82, 2.24) is 21.3 Å². The Morgan fingerprint density at radius 1 is 0.762 bits per heavy atom. The number of hydrogen-bond donors (Lipinski definition) is 7. The first-order chi connectivity index (χ1) is 19.9. The van der Waals surface area contributed by atoms with E-state index in [0.29, 0.717) is 38.8 Å². The van der Waals surface area contributed by atoms with E-state index in [2.05, 4.69) is 21.3 Å². The molecule has 2 atom stereocenters. The Bertz CT molecular complexity index is 935. The van der Waals surface area contributed by atoms with Crippen molar-refractivity contribution in [2.24, 2.45) is 11.8 Å². The van der Waals surface area contributed by atoms with Crippen molar-refractivity contribution in [2.45, 2.75) is 89.6 Å². The van der Waals surface area contributed by atoms with Crippen LogP contribution in [0.3, 0.4) is 0 Å². The number of rotatable bonds is 21. The molecule has 0 aromatic carbocycles. The predicted octanol–water partition coefficient (Wildman–Crippen LogP) is 0.0158. The average Bonchev–Trinajstić information content (AvgIpc) is 2.94. The fourth-order valence-electron chi connectivity index (χ4n) is 4.51. The molecule has 0 aromatic rings. The normalized spacial score (nSPS) is 17.7. The van der Waals surface area contributed by atoms with Crippen LogP contribution in [0.2, 0.25) is 0 Å². The molecule has 0 spiro atoms. The number of aliphatic carboxylic acids is 3. The zero-order valence-corrected chi connectivity index (χ0v) is 24.0. The number of carboxylic acid groups (broad SMARTS) is 3. The van der Waals surface area contributed by atoms with Gasteiger partial charge in [0.05, 0.1) is 6.61 Å². The SMILES string of the molecule is CCOCCNC(=O)[C@H](CCC(=O)O)NC(=O)CC[C@H](NC(=O)C1CCC(CNC(=O)CCCC(=O)O)CC1)C(=O)O. The number of carbonyl (C=O) groups excluding carboxylic acids is 4. The molecule has 238 valence electrons. The van der Waals surface area contributed by atoms with Crippen LogP contribution in [0.1, 0.15) is 77.6 Å². The second kappa shape index (κ2) is 20.2. The molecule has 1 aliphatic rings. The highest BCUT2D eigenvalue weighted by Gasteiger charge is 2.30. The third-order valence-electron chi connectivity index (χ3n) is 6.92. The van der Waals surface area contributed by atoms with Crippen LogP contribution in [-0.4, -0.2) is 95.2 Å². The van der Waals surface area contributed by atoms with E-state index in [4.69, 9.17) is 14.9 Å². The summed E-state index contributed by atoms with van der Waals surface area (Å²) in [5.41, 5.74) is 0. The van der Waals surface area contributed by atoms with Gasteiger partial charge in [-0.3, -0.25) is 28.8 Å². The van der Waals surface area contributed by atoms with E-state index >= 15 is 0 Å². The molecular formula is C27H44N4O11. The zero-order valence-electron chi connectivity index (χ0n) is 24.0. The van der Waals surface area contributed by atoms with Crippen LogP contribution >= 0.6 is 0 Å². The maximum atomic E-state index is 12.8. The molecular weight excluding hydrogens is 556 g/mol. The zero-order chi connectivity index (χ0) is 31.5. The Balaban J connectivity index is 2.50. The summed E-state index contributed by atoms with van der Waals surface area (Å²) in [6, 6.07) is -2.46. The summed E-state index contributed by atoms with van der Waals surface area (Å²) in [7, 11) is 0. The van der Waals surface area contributed by atoms with Gasteiger partial charge in [0.25, 0.3) is 0 Å². The number of carboxylic acids is 3. The summed E-state index contributed by atoms with van der Waals surface area (Å²) in [6.07, 6.45) is 1.56. The van der Waals surface area contributed by atoms with Crippen LogP contribution < -0.4 is 21.3 Å². The molecule has 0 heterocycles. The van der Waals surface area contributed by atoms with Crippen LogP contribution in [0.25, 0.3) is 0 Å². The smallest absolute Gasteiger partial charge is 0.326 e. The molecule has 42 heavy (non-hydrogen) atoms. The Labute approximate surface area is 244 Å². The molecule has 4 amide bonds. The topological polar surface area (TPSA) is 238 Å². The molecule has 15 nitrogen and oxygen atoms in total. The van der Waals surface area contributed by atoms with Gasteiger partial charge in [0.1, 0.15) is 12.1 Å². The summed E-state index contributed by atoms with van der Waals surface area (Å²) in [5.74, 6) is -5.57. The predicted molar refractivity (Wildman–Crippen MR) is 147 cm³/mol. The van der Waals surface area contributed by atoms with E-state index in [1.807, 2.05) is 0 Å². The Morgan fingerprint density at radius 3 is 2.00 bits per heavy atom. The van der Waals surface area contributed by atoms with E-state index in [9.17, 15) is 38.7 Å². The minimum Gasteiger partial charge on any atom is -0.481 e. The van der Waals surface area contributed by atoms with E-state index < -0.39 is 53.6 Å². The summed E-state index contributed by atoms with van der Waals surface area (Å²) in [5, 5.41) is 37.5. The standard InChI is InChI=1S/C27H44N4O11/c1-2-42-15-14-28-26(39)19(11-13-24(36)37)30-22(33)12-10-20(27(40)41)31-25(38)18-8-6-17(7-9-18)16-29-21(32)4-3-5-23(34)35/h17-20H,2-16H2,1H3,(H,28,39)(H,29,32)(H,30,33)(H,31,38)(H,34,35)(H,36,37)(H,40,41)/t17?,18?,19-,20-/m0/s1. The first kappa shape index (κ1) is 36.3. The minimum atomic E-state index is -1.33. The quantitative estimate of drug-likeness (QED) is 0.0866. The highest BCUT2D eigenvalue weighted by Crippen LogP contribution is 2.28. The molecule has 15 heteroatoms. The fraction of sp³-hybridized carbons (Fsp3) is 0.741. The number of nitrogens with one attached hydrogen (secondary N) is 4. The minimum absolute atomic E-state index is 0.0739. The molecule has 0 saturated heterocycles. The van der Waals surface area contributed by atoms with Crippen molar-refractivity contribution in [3.05, 3.63) is 0 Å². The number of carbonyl (C=O) groups is 7. The van der Waals surface area contributed by atoms with Gasteiger partial charge in [0.2, 0.25) is 23.6 Å². The van der Waals surface area contributed by atoms with Crippen LogP contribution in [0.5, 0.6) is 0 Å². The van der Waals surface area contributed by atoms with Gasteiger partial charge in [-0.2, -0.15) is 0 Å². The third-order valence-corrected chi connectivity index (χ3v) is 6.92. The molecule has 0 unspecified atom stereocenters. The molecule has 1 fully saturated rings. The first-order valence-corrected chi connectivity index (χ1v) is 14.3. The van der Waals surface area contributed by atoms with E-state index in [-0.39, 0.29) is 69.9 Å². The van der Waals surface area contributed by atoms with Crippen LogP contribution in [0.4, 0.5) is 0 Å². The van der Waals surface area contributed by atoms with E-state index in [1.165, 1.54) is 0 Å². The lowest BCUT2D eigenvalue weighted by atomic mass is 9.81. The molecule has 1 saturated carbocycles. The van der Waals surface area contributed by atoms with Gasteiger partial charge >= 0.3 is 17.9 Å². The molecule has 7 N–H and O–H groups in total. The van der Waals surface area contributed by atoms with Crippen molar-refractivity contribution in [3.8, 4) is 0 Å². The van der Waals surface area contributed by atoms with Crippen molar-refractivity contribution in [2.75, 3.05) is 26.3 Å². The van der Waals surface area contributed by atoms with Crippen LogP contribution in [0.15, 0.2) is 0 Å². The Kier molecular flexibility index (Phi) is 17.4. The van der Waals surface area contributed by atoms with Crippen molar-refractivity contribution in [1.29, 1.82) is 0 Å². The molecule has 1 aliphatic carbocycles. The Morgan fingerprint density at radius 2 is 1.40 bits per heavy atom. The average molecular weight is 601 g/mol. The molecule has 0 aromatic heterocycles. The largest absolute Gasteiger partial charge is 0.481 e. The number of hydrogen-bond acceptors (Lipinski definition) is 8.